The van der Waals surface area contributed by atoms with Crippen LogP contribution in [0.5, 0.6) is 5.75 Å². The summed E-state index contributed by atoms with van der Waals surface area (Å²) in [5.41, 5.74) is 1.01. The molecule has 0 saturated carbocycles. The number of rotatable bonds is 4. The molecule has 1 aromatic carbocycles. The molecule has 18 heavy (non-hydrogen) atoms. The van der Waals surface area contributed by atoms with Crippen LogP contribution in [0.4, 0.5) is 0 Å². The molecule has 0 unspecified atom stereocenters. The van der Waals surface area contributed by atoms with Crippen LogP contribution in [0.25, 0.3) is 0 Å². The zero-order valence-corrected chi connectivity index (χ0v) is 12.1. The molecule has 2 rings (SSSR count). The Bertz CT molecular complexity index is 428. The number of Topliss-reactive ketones (excluding diaryl/α,β-unsaturated/α-hetero) is 1. The molecule has 4 heteroatoms. The summed E-state index contributed by atoms with van der Waals surface area (Å²) in [5, 5.41) is 3.28. The van der Waals surface area contributed by atoms with Gasteiger partial charge in [0.1, 0.15) is 11.5 Å². The number of piperidine rings is 1. The number of nitrogens with one attached hydrogen (secondary N) is 1. The van der Waals surface area contributed by atoms with Crippen molar-refractivity contribution < 1.29 is 9.53 Å². The van der Waals surface area contributed by atoms with Gasteiger partial charge in [0.2, 0.25) is 0 Å². The van der Waals surface area contributed by atoms with Crippen molar-refractivity contribution in [2.24, 2.45) is 5.92 Å². The van der Waals surface area contributed by atoms with Crippen molar-refractivity contribution >= 4 is 21.7 Å². The molecule has 1 N–H and O–H groups in total. The number of ether oxygens (including phenoxy) is 1. The lowest BCUT2D eigenvalue weighted by molar-refractivity contribution is -0.122. The highest BCUT2D eigenvalue weighted by Gasteiger charge is 2.21. The van der Waals surface area contributed by atoms with E-state index in [2.05, 4.69) is 21.2 Å². The highest BCUT2D eigenvalue weighted by molar-refractivity contribution is 9.10. The number of carbonyl (C=O) groups excluding carboxylic acids is 1. The molecule has 1 aliphatic rings. The maximum absolute atomic E-state index is 12.2. The Morgan fingerprint density at radius 1 is 1.44 bits per heavy atom. The highest BCUT2D eigenvalue weighted by Crippen LogP contribution is 2.25. The Labute approximate surface area is 116 Å². The first-order valence-electron chi connectivity index (χ1n) is 6.26. The summed E-state index contributed by atoms with van der Waals surface area (Å²) in [6.45, 7) is 1.91. The predicted molar refractivity (Wildman–Crippen MR) is 75.0 cm³/mol. The topological polar surface area (TPSA) is 38.3 Å². The first-order chi connectivity index (χ1) is 8.70. The van der Waals surface area contributed by atoms with E-state index in [1.54, 1.807) is 7.11 Å². The number of methoxy groups -OCH3 is 1. The molecule has 0 atom stereocenters. The molecule has 1 heterocycles. The van der Waals surface area contributed by atoms with Crippen LogP contribution in [0.3, 0.4) is 0 Å². The summed E-state index contributed by atoms with van der Waals surface area (Å²) in [6, 6.07) is 5.76. The number of hydrogen-bond acceptors (Lipinski definition) is 3. The molecule has 1 fully saturated rings. The third-order valence-corrected chi connectivity index (χ3v) is 4.19. The summed E-state index contributed by atoms with van der Waals surface area (Å²) in [7, 11) is 1.64. The number of ketones is 1. The van der Waals surface area contributed by atoms with Crippen LogP contribution in [-0.2, 0) is 11.2 Å². The smallest absolute Gasteiger partial charge is 0.140 e. The van der Waals surface area contributed by atoms with E-state index in [0.717, 1.165) is 41.7 Å². The molecule has 0 radical (unpaired) electrons. The number of benzene rings is 1. The van der Waals surface area contributed by atoms with Gasteiger partial charge in [-0.15, -0.1) is 0 Å². The largest absolute Gasteiger partial charge is 0.497 e. The SMILES string of the molecule is COc1ccc(Br)c(CC(=O)C2CCNCC2)c1. The molecule has 98 valence electrons. The van der Waals surface area contributed by atoms with Gasteiger partial charge in [-0.2, -0.15) is 0 Å². The fraction of sp³-hybridized carbons (Fsp3) is 0.500. The van der Waals surface area contributed by atoms with Crippen molar-refractivity contribution in [1.29, 1.82) is 0 Å². The van der Waals surface area contributed by atoms with Gasteiger partial charge in [-0.25, -0.2) is 0 Å². The lowest BCUT2D eigenvalue weighted by Crippen LogP contribution is -2.32. The number of carbonyl (C=O) groups is 1. The summed E-state index contributed by atoms with van der Waals surface area (Å²) in [4.78, 5) is 12.2. The zero-order chi connectivity index (χ0) is 13.0. The maximum Gasteiger partial charge on any atom is 0.140 e. The molecule has 3 nitrogen and oxygen atoms in total. The van der Waals surface area contributed by atoms with E-state index < -0.39 is 0 Å². The first kappa shape index (κ1) is 13.6. The van der Waals surface area contributed by atoms with Gasteiger partial charge < -0.3 is 10.1 Å². The molecule has 1 aromatic rings. The van der Waals surface area contributed by atoms with Gasteiger partial charge in [0, 0.05) is 16.8 Å². The van der Waals surface area contributed by atoms with Gasteiger partial charge in [-0.1, -0.05) is 15.9 Å². The molecule has 1 saturated heterocycles. The van der Waals surface area contributed by atoms with Gasteiger partial charge in [-0.3, -0.25) is 4.79 Å². The van der Waals surface area contributed by atoms with E-state index in [-0.39, 0.29) is 5.92 Å². The fourth-order valence-corrected chi connectivity index (χ4v) is 2.68. The molecule has 0 amide bonds. The molecule has 0 aromatic heterocycles. The van der Waals surface area contributed by atoms with Gasteiger partial charge in [-0.05, 0) is 49.7 Å². The van der Waals surface area contributed by atoms with Crippen molar-refractivity contribution in [2.45, 2.75) is 19.3 Å². The number of hydrogen-bond donors (Lipinski definition) is 1. The quantitative estimate of drug-likeness (QED) is 0.929. The summed E-state index contributed by atoms with van der Waals surface area (Å²) < 4.78 is 6.17. The van der Waals surface area contributed by atoms with E-state index >= 15 is 0 Å². The average Bonchev–Trinajstić information content (AvgIpc) is 2.42. The van der Waals surface area contributed by atoms with Crippen molar-refractivity contribution in [3.05, 3.63) is 28.2 Å². The van der Waals surface area contributed by atoms with Crippen LogP contribution in [0.1, 0.15) is 18.4 Å². The standard InChI is InChI=1S/C14H18BrNO2/c1-18-12-2-3-13(15)11(8-12)9-14(17)10-4-6-16-7-5-10/h2-3,8,10,16H,4-7,9H2,1H3. The average molecular weight is 312 g/mol. The lowest BCUT2D eigenvalue weighted by atomic mass is 9.90. The zero-order valence-electron chi connectivity index (χ0n) is 10.5. The van der Waals surface area contributed by atoms with Crippen LogP contribution in [-0.4, -0.2) is 26.0 Å². The number of halogens is 1. The minimum Gasteiger partial charge on any atom is -0.497 e. The first-order valence-corrected chi connectivity index (χ1v) is 7.06. The maximum atomic E-state index is 12.2. The second kappa shape index (κ2) is 6.34. The van der Waals surface area contributed by atoms with Crippen LogP contribution >= 0.6 is 15.9 Å². The van der Waals surface area contributed by atoms with Crippen LogP contribution in [0.2, 0.25) is 0 Å². The summed E-state index contributed by atoms with van der Waals surface area (Å²) >= 11 is 3.49. The van der Waals surface area contributed by atoms with E-state index in [1.807, 2.05) is 18.2 Å². The van der Waals surface area contributed by atoms with Crippen LogP contribution in [0, 0.1) is 5.92 Å². The van der Waals surface area contributed by atoms with Gasteiger partial charge in [0.05, 0.1) is 7.11 Å². The third-order valence-electron chi connectivity index (χ3n) is 3.41. The molecule has 1 aliphatic heterocycles. The fourth-order valence-electron chi connectivity index (χ4n) is 2.29. The summed E-state index contributed by atoms with van der Waals surface area (Å²) in [5.74, 6) is 1.35. The summed E-state index contributed by atoms with van der Waals surface area (Å²) in [6.07, 6.45) is 2.41. The Kier molecular flexibility index (Phi) is 4.78. The molecular weight excluding hydrogens is 294 g/mol. The van der Waals surface area contributed by atoms with Crippen molar-refractivity contribution in [1.82, 2.24) is 5.32 Å². The highest BCUT2D eigenvalue weighted by atomic mass is 79.9. The predicted octanol–water partition coefficient (Wildman–Crippen LogP) is 2.57. The Morgan fingerprint density at radius 2 is 2.17 bits per heavy atom. The Hall–Kier alpha value is -0.870. The Morgan fingerprint density at radius 3 is 2.83 bits per heavy atom. The molecular formula is C14H18BrNO2. The van der Waals surface area contributed by atoms with E-state index in [0.29, 0.717) is 12.2 Å². The Balaban J connectivity index is 2.05. The lowest BCUT2D eigenvalue weighted by Gasteiger charge is -2.21. The minimum atomic E-state index is 0.212. The van der Waals surface area contributed by atoms with Crippen molar-refractivity contribution in [3.8, 4) is 5.75 Å². The van der Waals surface area contributed by atoms with Crippen LogP contribution < -0.4 is 10.1 Å². The van der Waals surface area contributed by atoms with Crippen LogP contribution in [0.15, 0.2) is 22.7 Å². The molecule has 0 bridgehead atoms. The van der Waals surface area contributed by atoms with E-state index in [4.69, 9.17) is 4.74 Å². The monoisotopic (exact) mass is 311 g/mol. The second-order valence-corrected chi connectivity index (χ2v) is 5.48. The molecule has 0 aliphatic carbocycles. The van der Waals surface area contributed by atoms with Crippen molar-refractivity contribution in [2.75, 3.05) is 20.2 Å². The van der Waals surface area contributed by atoms with E-state index in [9.17, 15) is 4.79 Å². The third kappa shape index (κ3) is 3.33. The normalized spacial score (nSPS) is 16.6. The minimum absolute atomic E-state index is 0.212. The van der Waals surface area contributed by atoms with E-state index in [1.165, 1.54) is 0 Å². The van der Waals surface area contributed by atoms with Crippen molar-refractivity contribution in [3.63, 3.8) is 0 Å². The second-order valence-electron chi connectivity index (χ2n) is 4.62. The molecule has 0 spiro atoms. The van der Waals surface area contributed by atoms with Gasteiger partial charge in [0.15, 0.2) is 0 Å². The van der Waals surface area contributed by atoms with Gasteiger partial charge >= 0.3 is 0 Å². The van der Waals surface area contributed by atoms with Gasteiger partial charge in [0.25, 0.3) is 0 Å².